The Kier molecular flexibility index (Phi) is 8.39. The number of pyridine rings is 1. The van der Waals surface area contributed by atoms with E-state index in [2.05, 4.69) is 10.3 Å². The quantitative estimate of drug-likeness (QED) is 0.559. The Balaban J connectivity index is 2.82. The number of carbonyl (C=O) groups is 1. The first-order chi connectivity index (χ1) is 10.6. The number of hydrogen-bond donors (Lipinski definition) is 2. The van der Waals surface area contributed by atoms with E-state index in [0.717, 1.165) is 5.69 Å². The standard InChI is InChI=1S/C14H19ClN4O2S/c1-3-19(14(20)21-7-8-22-2)12(13(15)16)10-18-11-5-4-6-17-9-11/h4-6,9-10,16,18H,3,7-8H2,1-2H3/b12-10+,16-13?. The molecule has 0 unspecified atom stereocenters. The van der Waals surface area contributed by atoms with E-state index in [0.29, 0.717) is 18.9 Å². The fraction of sp³-hybridized carbons (Fsp3) is 0.357. The van der Waals surface area contributed by atoms with Crippen molar-refractivity contribution in [2.24, 2.45) is 0 Å². The highest BCUT2D eigenvalue weighted by Gasteiger charge is 2.20. The summed E-state index contributed by atoms with van der Waals surface area (Å²) in [6.45, 7) is 2.44. The highest BCUT2D eigenvalue weighted by molar-refractivity contribution is 7.98. The molecule has 120 valence electrons. The Hall–Kier alpha value is -1.73. The fourth-order valence-corrected chi connectivity index (χ4v) is 1.95. The lowest BCUT2D eigenvalue weighted by Gasteiger charge is -2.22. The van der Waals surface area contributed by atoms with Crippen molar-refractivity contribution in [1.82, 2.24) is 9.88 Å². The number of nitrogens with zero attached hydrogens (tertiary/aromatic N) is 2. The number of halogens is 1. The molecule has 0 bridgehead atoms. The lowest BCUT2D eigenvalue weighted by Crippen LogP contribution is -2.33. The summed E-state index contributed by atoms with van der Waals surface area (Å²) in [5.74, 6) is 0.717. The summed E-state index contributed by atoms with van der Waals surface area (Å²) >= 11 is 7.38. The van der Waals surface area contributed by atoms with Crippen molar-refractivity contribution in [2.75, 3.05) is 30.5 Å². The van der Waals surface area contributed by atoms with Crippen LogP contribution in [0.4, 0.5) is 10.5 Å². The van der Waals surface area contributed by atoms with Crippen LogP contribution in [0.15, 0.2) is 36.4 Å². The number of hydrogen-bond acceptors (Lipinski definition) is 6. The Morgan fingerprint density at radius 2 is 2.41 bits per heavy atom. The van der Waals surface area contributed by atoms with E-state index in [-0.39, 0.29) is 10.9 Å². The van der Waals surface area contributed by atoms with E-state index >= 15 is 0 Å². The topological polar surface area (TPSA) is 78.3 Å². The Bertz CT molecular complexity index is 525. The van der Waals surface area contributed by atoms with Crippen molar-refractivity contribution < 1.29 is 9.53 Å². The van der Waals surface area contributed by atoms with Gasteiger partial charge in [0.1, 0.15) is 11.8 Å². The Morgan fingerprint density at radius 3 is 2.95 bits per heavy atom. The Labute approximate surface area is 139 Å². The van der Waals surface area contributed by atoms with Gasteiger partial charge in [0.15, 0.2) is 0 Å². The third kappa shape index (κ3) is 5.95. The second-order valence-corrected chi connectivity index (χ2v) is 5.44. The summed E-state index contributed by atoms with van der Waals surface area (Å²) in [5.41, 5.74) is 0.965. The van der Waals surface area contributed by atoms with Crippen LogP contribution in [-0.4, -0.2) is 46.3 Å². The minimum atomic E-state index is -0.527. The predicted molar refractivity (Wildman–Crippen MR) is 91.6 cm³/mol. The van der Waals surface area contributed by atoms with Crippen molar-refractivity contribution >= 4 is 40.3 Å². The maximum atomic E-state index is 12.1. The minimum Gasteiger partial charge on any atom is -0.448 e. The summed E-state index contributed by atoms with van der Waals surface area (Å²) in [6, 6.07) is 3.59. The van der Waals surface area contributed by atoms with Crippen molar-refractivity contribution in [1.29, 1.82) is 5.41 Å². The SMILES string of the molecule is CCN(C(=O)OCCSC)/C(=C/Nc1cccnc1)C(=N)Cl. The average Bonchev–Trinajstić information content (AvgIpc) is 2.52. The molecule has 0 saturated heterocycles. The van der Waals surface area contributed by atoms with E-state index in [1.807, 2.05) is 12.3 Å². The van der Waals surface area contributed by atoms with Gasteiger partial charge >= 0.3 is 6.09 Å². The zero-order chi connectivity index (χ0) is 16.4. The molecule has 1 rings (SSSR count). The fourth-order valence-electron chi connectivity index (χ4n) is 1.55. The highest BCUT2D eigenvalue weighted by atomic mass is 35.5. The molecule has 1 aromatic heterocycles. The molecule has 0 saturated carbocycles. The molecule has 22 heavy (non-hydrogen) atoms. The number of thioether (sulfide) groups is 1. The zero-order valence-corrected chi connectivity index (χ0v) is 14.1. The minimum absolute atomic E-state index is 0.238. The van der Waals surface area contributed by atoms with Gasteiger partial charge in [-0.3, -0.25) is 15.3 Å². The van der Waals surface area contributed by atoms with Crippen molar-refractivity contribution in [2.45, 2.75) is 6.92 Å². The second kappa shape index (κ2) is 10.1. The van der Waals surface area contributed by atoms with Crippen LogP contribution in [0.3, 0.4) is 0 Å². The van der Waals surface area contributed by atoms with Gasteiger partial charge < -0.3 is 10.1 Å². The number of aromatic nitrogens is 1. The molecule has 0 aromatic carbocycles. The molecule has 8 heteroatoms. The van der Waals surface area contributed by atoms with Crippen LogP contribution >= 0.6 is 23.4 Å². The van der Waals surface area contributed by atoms with E-state index in [9.17, 15) is 4.79 Å². The molecule has 0 atom stereocenters. The third-order valence-electron chi connectivity index (χ3n) is 2.60. The van der Waals surface area contributed by atoms with E-state index in [4.69, 9.17) is 21.7 Å². The molecule has 0 aliphatic carbocycles. The van der Waals surface area contributed by atoms with Crippen LogP contribution in [0.2, 0.25) is 0 Å². The second-order valence-electron chi connectivity index (χ2n) is 4.08. The van der Waals surface area contributed by atoms with Crippen molar-refractivity contribution in [3.63, 3.8) is 0 Å². The first kappa shape index (κ1) is 18.3. The van der Waals surface area contributed by atoms with E-state index in [1.54, 1.807) is 37.1 Å². The molecule has 0 fully saturated rings. The molecule has 0 spiro atoms. The smallest absolute Gasteiger partial charge is 0.414 e. The van der Waals surface area contributed by atoms with Gasteiger partial charge in [0.2, 0.25) is 0 Å². The maximum Gasteiger partial charge on any atom is 0.414 e. The van der Waals surface area contributed by atoms with E-state index in [1.165, 1.54) is 11.1 Å². The summed E-state index contributed by atoms with van der Waals surface area (Å²) in [7, 11) is 0. The number of nitrogens with one attached hydrogen (secondary N) is 2. The first-order valence-electron chi connectivity index (χ1n) is 6.64. The van der Waals surface area contributed by atoms with Gasteiger partial charge in [0, 0.05) is 24.7 Å². The summed E-state index contributed by atoms with van der Waals surface area (Å²) in [4.78, 5) is 17.3. The number of amides is 1. The van der Waals surface area contributed by atoms with Crippen LogP contribution in [0.5, 0.6) is 0 Å². The molecule has 6 nitrogen and oxygen atoms in total. The van der Waals surface area contributed by atoms with Crippen LogP contribution in [0.25, 0.3) is 0 Å². The number of rotatable bonds is 8. The van der Waals surface area contributed by atoms with Gasteiger partial charge in [-0.2, -0.15) is 11.8 Å². The summed E-state index contributed by atoms with van der Waals surface area (Å²) in [5, 5.41) is 10.4. The van der Waals surface area contributed by atoms with Gasteiger partial charge in [-0.25, -0.2) is 4.79 Å². The zero-order valence-electron chi connectivity index (χ0n) is 12.5. The maximum absolute atomic E-state index is 12.1. The monoisotopic (exact) mass is 342 g/mol. The third-order valence-corrected chi connectivity index (χ3v) is 3.37. The number of anilines is 1. The number of allylic oxidation sites excluding steroid dienone is 1. The molecular weight excluding hydrogens is 324 g/mol. The van der Waals surface area contributed by atoms with Gasteiger partial charge in [0.25, 0.3) is 0 Å². The van der Waals surface area contributed by atoms with Crippen molar-refractivity contribution in [3.8, 4) is 0 Å². The molecule has 0 aliphatic heterocycles. The van der Waals surface area contributed by atoms with Crippen LogP contribution < -0.4 is 5.32 Å². The van der Waals surface area contributed by atoms with Crippen molar-refractivity contribution in [3.05, 3.63) is 36.4 Å². The molecule has 1 amide bonds. The number of ether oxygens (including phenoxy) is 1. The molecule has 0 aliphatic rings. The molecule has 1 heterocycles. The van der Waals surface area contributed by atoms with Crippen LogP contribution in [-0.2, 0) is 4.74 Å². The lowest BCUT2D eigenvalue weighted by atomic mass is 10.4. The lowest BCUT2D eigenvalue weighted by molar-refractivity contribution is 0.123. The summed E-state index contributed by atoms with van der Waals surface area (Å²) < 4.78 is 5.15. The highest BCUT2D eigenvalue weighted by Crippen LogP contribution is 2.13. The predicted octanol–water partition coefficient (Wildman–Crippen LogP) is 3.37. The van der Waals surface area contributed by atoms with E-state index < -0.39 is 6.09 Å². The largest absolute Gasteiger partial charge is 0.448 e. The normalized spacial score (nSPS) is 11.0. The van der Waals surface area contributed by atoms with Gasteiger partial charge in [-0.05, 0) is 25.3 Å². The Morgan fingerprint density at radius 1 is 1.64 bits per heavy atom. The summed E-state index contributed by atoms with van der Waals surface area (Å²) in [6.07, 6.45) is 6.18. The number of carbonyl (C=O) groups excluding carboxylic acids is 1. The molecule has 2 N–H and O–H groups in total. The molecular formula is C14H19ClN4O2S. The van der Waals surface area contributed by atoms with Gasteiger partial charge in [0.05, 0.1) is 17.6 Å². The molecule has 0 radical (unpaired) electrons. The first-order valence-corrected chi connectivity index (χ1v) is 8.41. The van der Waals surface area contributed by atoms with Crippen LogP contribution in [0, 0.1) is 5.41 Å². The van der Waals surface area contributed by atoms with Crippen LogP contribution in [0.1, 0.15) is 6.92 Å². The van der Waals surface area contributed by atoms with Gasteiger partial charge in [-0.1, -0.05) is 11.6 Å². The van der Waals surface area contributed by atoms with Gasteiger partial charge in [-0.15, -0.1) is 0 Å². The molecule has 1 aromatic rings. The average molecular weight is 343 g/mol.